The van der Waals surface area contributed by atoms with Crippen LogP contribution in [0.1, 0.15) is 23.1 Å². The summed E-state index contributed by atoms with van der Waals surface area (Å²) in [7, 11) is 0. The Labute approximate surface area is 116 Å². The van der Waals surface area contributed by atoms with Gasteiger partial charge in [-0.15, -0.1) is 0 Å². The summed E-state index contributed by atoms with van der Waals surface area (Å²) >= 11 is 5.80. The lowest BCUT2D eigenvalue weighted by molar-refractivity contribution is 0.151. The Morgan fingerprint density at radius 2 is 1.32 bits per heavy atom. The monoisotopic (exact) mass is 281 g/mol. The summed E-state index contributed by atoms with van der Waals surface area (Å²) in [5.41, 5.74) is 2.17. The molecular weight excluding hydrogens is 268 g/mol. The standard InChI is InChI=1S/C15H14ClF2N/c16-14-7-3-12(4-8-14)10-19-9-11-1-5-13(6-2-11)15(17)18/h1-8,15,19H,9-10H2. The molecule has 0 aliphatic rings. The van der Waals surface area contributed by atoms with Crippen LogP contribution in [0.5, 0.6) is 0 Å². The molecule has 0 saturated heterocycles. The second-order valence-electron chi connectivity index (χ2n) is 4.27. The smallest absolute Gasteiger partial charge is 0.263 e. The van der Waals surface area contributed by atoms with Crippen molar-refractivity contribution in [2.24, 2.45) is 0 Å². The predicted octanol–water partition coefficient (Wildman–Crippen LogP) is 4.57. The van der Waals surface area contributed by atoms with Crippen molar-refractivity contribution in [3.05, 3.63) is 70.2 Å². The summed E-state index contributed by atoms with van der Waals surface area (Å²) in [6.07, 6.45) is -2.41. The molecule has 0 aliphatic heterocycles. The van der Waals surface area contributed by atoms with Gasteiger partial charge in [-0.1, -0.05) is 48.0 Å². The Kier molecular flexibility index (Phi) is 4.88. The van der Waals surface area contributed by atoms with E-state index in [0.29, 0.717) is 18.1 Å². The topological polar surface area (TPSA) is 12.0 Å². The van der Waals surface area contributed by atoms with Gasteiger partial charge in [0.15, 0.2) is 0 Å². The van der Waals surface area contributed by atoms with Gasteiger partial charge in [0, 0.05) is 23.7 Å². The van der Waals surface area contributed by atoms with Crippen molar-refractivity contribution in [3.63, 3.8) is 0 Å². The molecule has 2 aromatic rings. The zero-order valence-electron chi connectivity index (χ0n) is 10.2. The van der Waals surface area contributed by atoms with Gasteiger partial charge in [0.1, 0.15) is 0 Å². The Balaban J connectivity index is 1.83. The molecule has 0 heterocycles. The van der Waals surface area contributed by atoms with Crippen LogP contribution in [0.3, 0.4) is 0 Å². The molecule has 0 aromatic heterocycles. The molecule has 0 unspecified atom stereocenters. The van der Waals surface area contributed by atoms with Crippen LogP contribution in [0.4, 0.5) is 8.78 Å². The first-order valence-corrected chi connectivity index (χ1v) is 6.35. The van der Waals surface area contributed by atoms with Gasteiger partial charge in [-0.2, -0.15) is 0 Å². The first-order chi connectivity index (χ1) is 9.15. The van der Waals surface area contributed by atoms with E-state index in [9.17, 15) is 8.78 Å². The van der Waals surface area contributed by atoms with E-state index in [1.807, 2.05) is 24.3 Å². The number of nitrogens with one attached hydrogen (secondary N) is 1. The molecule has 0 bridgehead atoms. The van der Waals surface area contributed by atoms with E-state index in [-0.39, 0.29) is 5.56 Å². The summed E-state index contributed by atoms with van der Waals surface area (Å²) < 4.78 is 24.8. The molecule has 2 rings (SSSR count). The Hall–Kier alpha value is -1.45. The van der Waals surface area contributed by atoms with Crippen molar-refractivity contribution >= 4 is 11.6 Å². The van der Waals surface area contributed by atoms with Gasteiger partial charge in [0.05, 0.1) is 0 Å². The number of hydrogen-bond acceptors (Lipinski definition) is 1. The molecular formula is C15H14ClF2N. The van der Waals surface area contributed by atoms with E-state index in [2.05, 4.69) is 5.32 Å². The normalized spacial score (nSPS) is 10.9. The van der Waals surface area contributed by atoms with Crippen LogP contribution >= 0.6 is 11.6 Å². The van der Waals surface area contributed by atoms with Crippen molar-refractivity contribution in [1.82, 2.24) is 5.32 Å². The molecule has 1 N–H and O–H groups in total. The maximum absolute atomic E-state index is 12.4. The van der Waals surface area contributed by atoms with Gasteiger partial charge in [-0.05, 0) is 23.3 Å². The number of halogens is 3. The molecule has 2 aromatic carbocycles. The van der Waals surface area contributed by atoms with Gasteiger partial charge in [-0.25, -0.2) is 8.78 Å². The molecule has 0 atom stereocenters. The summed E-state index contributed by atoms with van der Waals surface area (Å²) in [6, 6.07) is 14.0. The lowest BCUT2D eigenvalue weighted by Gasteiger charge is -2.06. The van der Waals surface area contributed by atoms with Crippen LogP contribution in [-0.2, 0) is 13.1 Å². The molecule has 0 fully saturated rings. The van der Waals surface area contributed by atoms with Crippen LogP contribution in [0, 0.1) is 0 Å². The summed E-state index contributed by atoms with van der Waals surface area (Å²) in [5.74, 6) is 0. The van der Waals surface area contributed by atoms with Crippen LogP contribution < -0.4 is 5.32 Å². The average molecular weight is 282 g/mol. The van der Waals surface area contributed by atoms with Crippen molar-refractivity contribution in [2.45, 2.75) is 19.5 Å². The van der Waals surface area contributed by atoms with Crippen LogP contribution in [0.2, 0.25) is 5.02 Å². The Bertz CT molecular complexity index is 509. The van der Waals surface area contributed by atoms with E-state index in [1.165, 1.54) is 12.1 Å². The van der Waals surface area contributed by atoms with E-state index in [1.54, 1.807) is 12.1 Å². The minimum absolute atomic E-state index is 0.0569. The average Bonchev–Trinajstić information content (AvgIpc) is 2.41. The fraction of sp³-hybridized carbons (Fsp3) is 0.200. The molecule has 1 nitrogen and oxygen atoms in total. The van der Waals surface area contributed by atoms with Crippen LogP contribution in [0.15, 0.2) is 48.5 Å². The Morgan fingerprint density at radius 1 is 0.842 bits per heavy atom. The number of hydrogen-bond donors (Lipinski definition) is 1. The first kappa shape index (κ1) is 14.0. The molecule has 0 radical (unpaired) electrons. The van der Waals surface area contributed by atoms with E-state index >= 15 is 0 Å². The molecule has 0 saturated carbocycles. The third kappa shape index (κ3) is 4.30. The molecule has 19 heavy (non-hydrogen) atoms. The minimum Gasteiger partial charge on any atom is -0.309 e. The lowest BCUT2D eigenvalue weighted by atomic mass is 10.1. The maximum Gasteiger partial charge on any atom is 0.263 e. The fourth-order valence-electron chi connectivity index (χ4n) is 1.73. The van der Waals surface area contributed by atoms with Gasteiger partial charge in [-0.3, -0.25) is 0 Å². The van der Waals surface area contributed by atoms with Gasteiger partial charge in [0.2, 0.25) is 0 Å². The highest BCUT2D eigenvalue weighted by atomic mass is 35.5. The highest BCUT2D eigenvalue weighted by Crippen LogP contribution is 2.18. The van der Waals surface area contributed by atoms with E-state index < -0.39 is 6.43 Å². The first-order valence-electron chi connectivity index (χ1n) is 5.97. The van der Waals surface area contributed by atoms with Crippen molar-refractivity contribution in [3.8, 4) is 0 Å². The lowest BCUT2D eigenvalue weighted by Crippen LogP contribution is -2.12. The molecule has 0 spiro atoms. The van der Waals surface area contributed by atoms with Gasteiger partial charge >= 0.3 is 0 Å². The molecule has 0 aliphatic carbocycles. The minimum atomic E-state index is -2.41. The van der Waals surface area contributed by atoms with Crippen molar-refractivity contribution < 1.29 is 8.78 Å². The highest BCUT2D eigenvalue weighted by molar-refractivity contribution is 6.30. The zero-order valence-corrected chi connectivity index (χ0v) is 11.0. The quantitative estimate of drug-likeness (QED) is 0.847. The van der Waals surface area contributed by atoms with E-state index in [0.717, 1.165) is 11.1 Å². The van der Waals surface area contributed by atoms with Gasteiger partial charge in [0.25, 0.3) is 6.43 Å². The summed E-state index contributed by atoms with van der Waals surface area (Å²) in [4.78, 5) is 0. The second kappa shape index (κ2) is 6.64. The molecule has 100 valence electrons. The summed E-state index contributed by atoms with van der Waals surface area (Å²) in [6.45, 7) is 1.36. The number of benzene rings is 2. The Morgan fingerprint density at radius 3 is 1.79 bits per heavy atom. The van der Waals surface area contributed by atoms with E-state index in [4.69, 9.17) is 11.6 Å². The van der Waals surface area contributed by atoms with Crippen molar-refractivity contribution in [1.29, 1.82) is 0 Å². The predicted molar refractivity (Wildman–Crippen MR) is 73.4 cm³/mol. The molecule has 0 amide bonds. The third-order valence-electron chi connectivity index (χ3n) is 2.80. The SMILES string of the molecule is FC(F)c1ccc(CNCc2ccc(Cl)cc2)cc1. The largest absolute Gasteiger partial charge is 0.309 e. The molecule has 4 heteroatoms. The van der Waals surface area contributed by atoms with Crippen molar-refractivity contribution in [2.75, 3.05) is 0 Å². The number of alkyl halides is 2. The maximum atomic E-state index is 12.4. The summed E-state index contributed by atoms with van der Waals surface area (Å²) in [5, 5.41) is 3.97. The zero-order chi connectivity index (χ0) is 13.7. The van der Waals surface area contributed by atoms with Gasteiger partial charge < -0.3 is 5.32 Å². The number of rotatable bonds is 5. The highest BCUT2D eigenvalue weighted by Gasteiger charge is 2.05. The fourth-order valence-corrected chi connectivity index (χ4v) is 1.86. The van der Waals surface area contributed by atoms with Crippen LogP contribution in [-0.4, -0.2) is 0 Å². The third-order valence-corrected chi connectivity index (χ3v) is 3.06. The van der Waals surface area contributed by atoms with Crippen LogP contribution in [0.25, 0.3) is 0 Å². The second-order valence-corrected chi connectivity index (χ2v) is 4.71.